The van der Waals surface area contributed by atoms with Gasteiger partial charge in [-0.3, -0.25) is 9.59 Å². The van der Waals surface area contributed by atoms with Gasteiger partial charge in [0.25, 0.3) is 5.91 Å². The molecule has 7 nitrogen and oxygen atoms in total. The maximum atomic E-state index is 13.9. The molecular formula is C21H26FN3O4S. The van der Waals surface area contributed by atoms with Crippen LogP contribution in [-0.4, -0.2) is 42.9 Å². The van der Waals surface area contributed by atoms with Crippen molar-refractivity contribution in [3.05, 3.63) is 65.5 Å². The minimum absolute atomic E-state index is 0.153. The van der Waals surface area contributed by atoms with Crippen molar-refractivity contribution in [1.29, 1.82) is 0 Å². The second-order valence-corrected chi connectivity index (χ2v) is 9.90. The lowest BCUT2D eigenvalue weighted by Crippen LogP contribution is -2.41. The number of para-hydroxylation sites is 1. The van der Waals surface area contributed by atoms with Crippen LogP contribution in [0.25, 0.3) is 0 Å². The van der Waals surface area contributed by atoms with Crippen molar-refractivity contribution in [2.24, 2.45) is 0 Å². The topological polar surface area (TPSA) is 95.6 Å². The molecule has 0 heterocycles. The number of carbonyl (C=O) groups excluding carboxylic acids is 2. The van der Waals surface area contributed by atoms with Crippen molar-refractivity contribution in [3.63, 3.8) is 0 Å². The minimum atomic E-state index is -3.79. The highest BCUT2D eigenvalue weighted by Gasteiger charge is 2.23. The molecule has 162 valence electrons. The first-order valence-corrected chi connectivity index (χ1v) is 11.1. The van der Waals surface area contributed by atoms with Gasteiger partial charge < -0.3 is 10.6 Å². The summed E-state index contributed by atoms with van der Waals surface area (Å²) >= 11 is 0. The minimum Gasteiger partial charge on any atom is -0.347 e. The fourth-order valence-electron chi connectivity index (χ4n) is 2.65. The molecule has 2 aromatic carbocycles. The molecule has 30 heavy (non-hydrogen) atoms. The fraction of sp³-hybridized carbons (Fsp3) is 0.333. The molecule has 0 saturated carbocycles. The van der Waals surface area contributed by atoms with E-state index in [2.05, 4.69) is 10.6 Å². The lowest BCUT2D eigenvalue weighted by molar-refractivity contribution is -0.116. The van der Waals surface area contributed by atoms with Crippen LogP contribution >= 0.6 is 0 Å². The van der Waals surface area contributed by atoms with Gasteiger partial charge in [0, 0.05) is 17.6 Å². The average molecular weight is 436 g/mol. The zero-order chi connectivity index (χ0) is 22.5. The molecule has 0 radical (unpaired) electrons. The van der Waals surface area contributed by atoms with Gasteiger partial charge in [-0.15, -0.1) is 0 Å². The number of rotatable bonds is 7. The van der Waals surface area contributed by atoms with E-state index in [4.69, 9.17) is 0 Å². The maximum absolute atomic E-state index is 13.9. The van der Waals surface area contributed by atoms with E-state index in [1.807, 2.05) is 20.8 Å². The Balaban J connectivity index is 2.19. The predicted octanol–water partition coefficient (Wildman–Crippen LogP) is 2.75. The van der Waals surface area contributed by atoms with E-state index in [-0.39, 0.29) is 29.3 Å². The molecule has 0 saturated heterocycles. The number of nitrogens with zero attached hydrogens (tertiary/aromatic N) is 1. The molecule has 2 N–H and O–H groups in total. The van der Waals surface area contributed by atoms with Crippen molar-refractivity contribution in [3.8, 4) is 0 Å². The van der Waals surface area contributed by atoms with Crippen molar-refractivity contribution < 1.29 is 22.4 Å². The monoisotopic (exact) mass is 435 g/mol. The van der Waals surface area contributed by atoms with Gasteiger partial charge >= 0.3 is 0 Å². The number of amides is 2. The summed E-state index contributed by atoms with van der Waals surface area (Å²) in [4.78, 5) is 25.1. The van der Waals surface area contributed by atoms with Crippen LogP contribution in [0, 0.1) is 5.82 Å². The van der Waals surface area contributed by atoms with E-state index in [0.717, 1.165) is 10.6 Å². The van der Waals surface area contributed by atoms with Gasteiger partial charge in [0.1, 0.15) is 5.82 Å². The van der Waals surface area contributed by atoms with Gasteiger partial charge in [0.05, 0.1) is 24.1 Å². The van der Waals surface area contributed by atoms with Gasteiger partial charge in [-0.2, -0.15) is 4.31 Å². The molecule has 0 bridgehead atoms. The number of anilines is 1. The molecule has 2 rings (SSSR count). The second kappa shape index (κ2) is 9.36. The Bertz CT molecular complexity index is 1030. The summed E-state index contributed by atoms with van der Waals surface area (Å²) < 4.78 is 39.1. The number of hydrogen-bond acceptors (Lipinski definition) is 4. The Hall–Kier alpha value is -2.78. The van der Waals surface area contributed by atoms with Gasteiger partial charge in [0.15, 0.2) is 0 Å². The van der Waals surface area contributed by atoms with E-state index in [0.29, 0.717) is 0 Å². The van der Waals surface area contributed by atoms with Gasteiger partial charge in [0.2, 0.25) is 15.9 Å². The third kappa shape index (κ3) is 6.93. The Labute approximate surface area is 176 Å². The molecule has 0 aliphatic carbocycles. The van der Waals surface area contributed by atoms with Crippen LogP contribution in [0.3, 0.4) is 0 Å². The molecule has 0 spiro atoms. The summed E-state index contributed by atoms with van der Waals surface area (Å²) in [5.74, 6) is -1.58. The smallest absolute Gasteiger partial charge is 0.253 e. The Kier molecular flexibility index (Phi) is 7.33. The van der Waals surface area contributed by atoms with Gasteiger partial charge in [-0.05, 0) is 39.0 Å². The first-order chi connectivity index (χ1) is 13.9. The molecule has 0 atom stereocenters. The number of carbonyl (C=O) groups is 2. The largest absolute Gasteiger partial charge is 0.347 e. The van der Waals surface area contributed by atoms with E-state index < -0.39 is 33.8 Å². The first-order valence-electron chi connectivity index (χ1n) is 9.27. The molecule has 0 fully saturated rings. The van der Waals surface area contributed by atoms with Crippen LogP contribution in [0.4, 0.5) is 10.1 Å². The summed E-state index contributed by atoms with van der Waals surface area (Å²) in [6.07, 6.45) is 0.950. The van der Waals surface area contributed by atoms with Crippen LogP contribution in [0.1, 0.15) is 36.7 Å². The number of sulfonamides is 1. The Morgan fingerprint density at radius 1 is 1.03 bits per heavy atom. The Morgan fingerprint density at radius 2 is 1.63 bits per heavy atom. The van der Waals surface area contributed by atoms with E-state index >= 15 is 0 Å². The van der Waals surface area contributed by atoms with Gasteiger partial charge in [-0.25, -0.2) is 12.8 Å². The van der Waals surface area contributed by atoms with Crippen molar-refractivity contribution in [1.82, 2.24) is 9.62 Å². The van der Waals surface area contributed by atoms with Crippen LogP contribution in [0.15, 0.2) is 48.5 Å². The highest BCUT2D eigenvalue weighted by molar-refractivity contribution is 7.88. The third-order valence-electron chi connectivity index (χ3n) is 4.03. The summed E-state index contributed by atoms with van der Waals surface area (Å²) in [5.41, 5.74) is 0.186. The molecule has 2 amide bonds. The Morgan fingerprint density at radius 3 is 2.23 bits per heavy atom. The molecule has 0 aromatic heterocycles. The van der Waals surface area contributed by atoms with Crippen LogP contribution in [-0.2, 0) is 21.4 Å². The van der Waals surface area contributed by atoms with E-state index in [1.54, 1.807) is 30.3 Å². The molecule has 9 heteroatoms. The number of nitrogens with one attached hydrogen (secondary N) is 2. The molecule has 0 aliphatic heterocycles. The summed E-state index contributed by atoms with van der Waals surface area (Å²) in [6, 6.07) is 12.2. The van der Waals surface area contributed by atoms with Gasteiger partial charge in [-0.1, -0.05) is 30.3 Å². The third-order valence-corrected chi connectivity index (χ3v) is 5.22. The average Bonchev–Trinajstić information content (AvgIpc) is 2.61. The summed E-state index contributed by atoms with van der Waals surface area (Å²) in [7, 11) is -3.79. The lowest BCUT2D eigenvalue weighted by atomic mass is 10.1. The van der Waals surface area contributed by atoms with E-state index in [9.17, 15) is 22.4 Å². The molecule has 0 unspecified atom stereocenters. The molecule has 0 aliphatic rings. The summed E-state index contributed by atoms with van der Waals surface area (Å²) in [6.45, 7) is 4.68. The molecule has 2 aromatic rings. The lowest BCUT2D eigenvalue weighted by Gasteiger charge is -2.22. The van der Waals surface area contributed by atoms with Crippen LogP contribution < -0.4 is 10.6 Å². The summed E-state index contributed by atoms with van der Waals surface area (Å²) in [5, 5.41) is 5.40. The van der Waals surface area contributed by atoms with Crippen LogP contribution in [0.2, 0.25) is 0 Å². The standard InChI is InChI=1S/C21H26FN3O4S/c1-21(2,3)24-20(27)16-10-6-8-12-18(16)23-19(26)14-25(30(4,28)29)13-15-9-5-7-11-17(15)22/h5-12H,13-14H2,1-4H3,(H,23,26)(H,24,27). The normalized spacial score (nSPS) is 11.9. The number of hydrogen-bond donors (Lipinski definition) is 2. The highest BCUT2D eigenvalue weighted by Crippen LogP contribution is 2.17. The number of benzene rings is 2. The zero-order valence-electron chi connectivity index (χ0n) is 17.4. The van der Waals surface area contributed by atoms with Crippen LogP contribution in [0.5, 0.6) is 0 Å². The maximum Gasteiger partial charge on any atom is 0.253 e. The number of halogens is 1. The van der Waals surface area contributed by atoms with Crippen molar-refractivity contribution >= 4 is 27.5 Å². The SMILES string of the molecule is CC(C)(C)NC(=O)c1ccccc1NC(=O)CN(Cc1ccccc1F)S(C)(=O)=O. The highest BCUT2D eigenvalue weighted by atomic mass is 32.2. The van der Waals surface area contributed by atoms with E-state index in [1.165, 1.54) is 18.2 Å². The van der Waals surface area contributed by atoms with Crippen molar-refractivity contribution in [2.45, 2.75) is 32.9 Å². The second-order valence-electron chi connectivity index (χ2n) is 7.92. The zero-order valence-corrected chi connectivity index (χ0v) is 18.2. The predicted molar refractivity (Wildman–Crippen MR) is 114 cm³/mol. The molecular weight excluding hydrogens is 409 g/mol. The fourth-order valence-corrected chi connectivity index (χ4v) is 3.38. The quantitative estimate of drug-likeness (QED) is 0.699. The van der Waals surface area contributed by atoms with Crippen molar-refractivity contribution in [2.75, 3.05) is 18.1 Å². The first kappa shape index (κ1) is 23.5.